The summed E-state index contributed by atoms with van der Waals surface area (Å²) in [5.74, 6) is 0.809. The average Bonchev–Trinajstić information content (AvgIpc) is 2.60. The maximum absolute atomic E-state index is 5.76. The highest BCUT2D eigenvalue weighted by Gasteiger charge is 2.08. The van der Waals surface area contributed by atoms with Crippen molar-refractivity contribution >= 4 is 11.0 Å². The van der Waals surface area contributed by atoms with E-state index in [9.17, 15) is 0 Å². The van der Waals surface area contributed by atoms with Crippen LogP contribution in [-0.4, -0.2) is 13.2 Å². The lowest BCUT2D eigenvalue weighted by Gasteiger charge is -2.02. The van der Waals surface area contributed by atoms with Crippen LogP contribution in [0.3, 0.4) is 0 Å². The Bertz CT molecular complexity index is 460. The molecule has 1 aromatic carbocycles. The summed E-state index contributed by atoms with van der Waals surface area (Å²) in [5, 5.41) is 1.12. The molecule has 0 aliphatic rings. The third-order valence-electron chi connectivity index (χ3n) is 2.40. The molecule has 3 heteroatoms. The highest BCUT2D eigenvalue weighted by Crippen LogP contribution is 2.26. The van der Waals surface area contributed by atoms with Crippen molar-refractivity contribution in [2.75, 3.05) is 7.11 Å². The molecule has 2 rings (SSSR count). The number of hydrogen-bond acceptors (Lipinski definition) is 3. The fourth-order valence-corrected chi connectivity index (χ4v) is 1.70. The third-order valence-corrected chi connectivity index (χ3v) is 2.40. The minimum absolute atomic E-state index is 0.146. The van der Waals surface area contributed by atoms with E-state index >= 15 is 0 Å². The fraction of sp³-hybridized carbons (Fsp3) is 0.333. The lowest BCUT2D eigenvalue weighted by atomic mass is 10.1. The lowest BCUT2D eigenvalue weighted by molar-refractivity contribution is 0.414. The summed E-state index contributed by atoms with van der Waals surface area (Å²) in [5.41, 5.74) is 7.77. The van der Waals surface area contributed by atoms with Crippen molar-refractivity contribution in [2.24, 2.45) is 5.73 Å². The Balaban J connectivity index is 2.43. The molecule has 2 N–H and O–H groups in total. The first-order chi connectivity index (χ1) is 7.20. The van der Waals surface area contributed by atoms with Gasteiger partial charge in [0.05, 0.1) is 13.4 Å². The van der Waals surface area contributed by atoms with Crippen molar-refractivity contribution in [1.82, 2.24) is 0 Å². The summed E-state index contributed by atoms with van der Waals surface area (Å²) in [4.78, 5) is 0. The summed E-state index contributed by atoms with van der Waals surface area (Å²) < 4.78 is 10.6. The number of hydrogen-bond donors (Lipinski definition) is 1. The van der Waals surface area contributed by atoms with E-state index < -0.39 is 0 Å². The number of rotatable bonds is 3. The van der Waals surface area contributed by atoms with Gasteiger partial charge in [0.15, 0.2) is 0 Å². The topological polar surface area (TPSA) is 48.4 Å². The number of nitrogens with two attached hydrogens (primary N) is 1. The van der Waals surface area contributed by atoms with Crippen LogP contribution in [0.25, 0.3) is 11.0 Å². The molecular formula is C12H15NO2. The SMILES string of the molecule is COc1ccc2c(CC(C)N)coc2c1. The van der Waals surface area contributed by atoms with Crippen molar-refractivity contribution < 1.29 is 9.15 Å². The molecular weight excluding hydrogens is 190 g/mol. The van der Waals surface area contributed by atoms with Crippen molar-refractivity contribution in [3.63, 3.8) is 0 Å². The van der Waals surface area contributed by atoms with Gasteiger partial charge in [-0.2, -0.15) is 0 Å². The summed E-state index contributed by atoms with van der Waals surface area (Å²) in [6, 6.07) is 5.98. The zero-order chi connectivity index (χ0) is 10.8. The number of benzene rings is 1. The molecule has 1 aromatic heterocycles. The fourth-order valence-electron chi connectivity index (χ4n) is 1.70. The second kappa shape index (κ2) is 3.95. The van der Waals surface area contributed by atoms with Gasteiger partial charge in [-0.25, -0.2) is 0 Å². The summed E-state index contributed by atoms with van der Waals surface area (Å²) in [7, 11) is 1.65. The summed E-state index contributed by atoms with van der Waals surface area (Å²) in [6.07, 6.45) is 2.60. The van der Waals surface area contributed by atoms with Gasteiger partial charge >= 0.3 is 0 Å². The first-order valence-electron chi connectivity index (χ1n) is 5.00. The molecule has 15 heavy (non-hydrogen) atoms. The van der Waals surface area contributed by atoms with Gasteiger partial charge in [-0.05, 0) is 31.0 Å². The van der Waals surface area contributed by atoms with Crippen LogP contribution in [0.2, 0.25) is 0 Å². The summed E-state index contributed by atoms with van der Waals surface area (Å²) >= 11 is 0. The van der Waals surface area contributed by atoms with Gasteiger partial charge in [0, 0.05) is 17.5 Å². The van der Waals surface area contributed by atoms with Crippen molar-refractivity contribution in [3.05, 3.63) is 30.0 Å². The molecule has 0 fully saturated rings. The molecule has 0 saturated carbocycles. The molecule has 2 aromatic rings. The van der Waals surface area contributed by atoms with E-state index in [0.717, 1.165) is 28.7 Å². The quantitative estimate of drug-likeness (QED) is 0.836. The summed E-state index contributed by atoms with van der Waals surface area (Å²) in [6.45, 7) is 1.99. The first-order valence-corrected chi connectivity index (χ1v) is 5.00. The van der Waals surface area contributed by atoms with Crippen LogP contribution in [0, 0.1) is 0 Å². The van der Waals surface area contributed by atoms with Crippen LogP contribution in [-0.2, 0) is 6.42 Å². The Labute approximate surface area is 88.8 Å². The Morgan fingerprint density at radius 1 is 1.47 bits per heavy atom. The zero-order valence-electron chi connectivity index (χ0n) is 8.99. The molecule has 0 aliphatic carbocycles. The number of ether oxygens (including phenoxy) is 1. The molecule has 3 nitrogen and oxygen atoms in total. The van der Waals surface area contributed by atoms with Crippen molar-refractivity contribution in [1.29, 1.82) is 0 Å². The second-order valence-corrected chi connectivity index (χ2v) is 3.80. The largest absolute Gasteiger partial charge is 0.497 e. The van der Waals surface area contributed by atoms with Gasteiger partial charge in [0.1, 0.15) is 11.3 Å². The predicted molar refractivity (Wildman–Crippen MR) is 60.1 cm³/mol. The van der Waals surface area contributed by atoms with Crippen LogP contribution >= 0.6 is 0 Å². The molecule has 0 amide bonds. The minimum Gasteiger partial charge on any atom is -0.497 e. The zero-order valence-corrected chi connectivity index (χ0v) is 8.99. The number of fused-ring (bicyclic) bond motifs is 1. The van der Waals surface area contributed by atoms with Gasteiger partial charge in [0.25, 0.3) is 0 Å². The molecule has 80 valence electrons. The molecule has 0 spiro atoms. The van der Waals surface area contributed by atoms with Crippen LogP contribution in [0.4, 0.5) is 0 Å². The lowest BCUT2D eigenvalue weighted by Crippen LogP contribution is -2.17. The van der Waals surface area contributed by atoms with Crippen LogP contribution in [0.1, 0.15) is 12.5 Å². The second-order valence-electron chi connectivity index (χ2n) is 3.80. The van der Waals surface area contributed by atoms with Crippen LogP contribution in [0.5, 0.6) is 5.75 Å². The van der Waals surface area contributed by atoms with E-state index in [1.165, 1.54) is 0 Å². The van der Waals surface area contributed by atoms with Gasteiger partial charge in [-0.1, -0.05) is 0 Å². The maximum Gasteiger partial charge on any atom is 0.137 e. The number of furan rings is 1. The molecule has 0 aliphatic heterocycles. The van der Waals surface area contributed by atoms with Crippen LogP contribution in [0.15, 0.2) is 28.9 Å². The number of methoxy groups -OCH3 is 1. The molecule has 0 radical (unpaired) electrons. The molecule has 1 atom stereocenters. The van der Waals surface area contributed by atoms with Gasteiger partial charge in [0.2, 0.25) is 0 Å². The van der Waals surface area contributed by atoms with Crippen LogP contribution < -0.4 is 10.5 Å². The van der Waals surface area contributed by atoms with Gasteiger partial charge in [-0.15, -0.1) is 0 Å². The molecule has 1 heterocycles. The van der Waals surface area contributed by atoms with Crippen molar-refractivity contribution in [3.8, 4) is 5.75 Å². The van der Waals surface area contributed by atoms with E-state index in [4.69, 9.17) is 14.9 Å². The Morgan fingerprint density at radius 2 is 2.27 bits per heavy atom. The van der Waals surface area contributed by atoms with E-state index in [1.807, 2.05) is 25.1 Å². The van der Waals surface area contributed by atoms with E-state index in [-0.39, 0.29) is 6.04 Å². The standard InChI is InChI=1S/C12H15NO2/c1-8(13)5-9-7-15-12-6-10(14-2)3-4-11(9)12/h3-4,6-8H,5,13H2,1-2H3. The third kappa shape index (κ3) is 1.97. The van der Waals surface area contributed by atoms with E-state index in [0.29, 0.717) is 0 Å². The van der Waals surface area contributed by atoms with Gasteiger partial charge < -0.3 is 14.9 Å². The monoisotopic (exact) mass is 205 g/mol. The normalized spacial score (nSPS) is 13.0. The van der Waals surface area contributed by atoms with E-state index in [1.54, 1.807) is 13.4 Å². The van der Waals surface area contributed by atoms with E-state index in [2.05, 4.69) is 0 Å². The smallest absolute Gasteiger partial charge is 0.137 e. The maximum atomic E-state index is 5.76. The first kappa shape index (κ1) is 10.1. The van der Waals surface area contributed by atoms with Crippen molar-refractivity contribution in [2.45, 2.75) is 19.4 Å². The Kier molecular flexibility index (Phi) is 2.64. The Morgan fingerprint density at radius 3 is 2.93 bits per heavy atom. The van der Waals surface area contributed by atoms with Gasteiger partial charge in [-0.3, -0.25) is 0 Å². The highest BCUT2D eigenvalue weighted by molar-refractivity contribution is 5.82. The molecule has 0 bridgehead atoms. The molecule has 0 saturated heterocycles. The molecule has 1 unspecified atom stereocenters. The highest BCUT2D eigenvalue weighted by atomic mass is 16.5. The average molecular weight is 205 g/mol. The Hall–Kier alpha value is -1.48. The predicted octanol–water partition coefficient (Wildman–Crippen LogP) is 2.33. The minimum atomic E-state index is 0.146.